The molecule has 1 N–H and O–H groups in total. The van der Waals surface area contributed by atoms with Crippen LogP contribution in [0.2, 0.25) is 0 Å². The van der Waals surface area contributed by atoms with Crippen molar-refractivity contribution in [2.45, 2.75) is 33.1 Å². The highest BCUT2D eigenvalue weighted by molar-refractivity contribution is 9.10. The van der Waals surface area contributed by atoms with Crippen molar-refractivity contribution in [2.24, 2.45) is 0 Å². The van der Waals surface area contributed by atoms with Crippen LogP contribution < -0.4 is 5.32 Å². The molecule has 0 saturated heterocycles. The molecule has 0 aliphatic carbocycles. The molecule has 0 unspecified atom stereocenters. The molecule has 146 valence electrons. The van der Waals surface area contributed by atoms with E-state index < -0.39 is 0 Å². The molecule has 4 nitrogen and oxygen atoms in total. The van der Waals surface area contributed by atoms with Crippen LogP contribution in [0.1, 0.15) is 47.4 Å². The second-order valence-corrected chi connectivity index (χ2v) is 7.60. The molecule has 0 aliphatic rings. The molecule has 3 rings (SSSR count). The van der Waals surface area contributed by atoms with Gasteiger partial charge in [-0.15, -0.1) is 0 Å². The van der Waals surface area contributed by atoms with Gasteiger partial charge in [-0.2, -0.15) is 5.26 Å². The Balaban J connectivity index is 2.21. The van der Waals surface area contributed by atoms with E-state index in [1.807, 2.05) is 42.5 Å². The van der Waals surface area contributed by atoms with Crippen molar-refractivity contribution in [3.8, 4) is 17.2 Å². The van der Waals surface area contributed by atoms with Gasteiger partial charge in [-0.25, -0.2) is 4.98 Å². The fourth-order valence-electron chi connectivity index (χ4n) is 3.43. The maximum absolute atomic E-state index is 12.7. The third-order valence-corrected chi connectivity index (χ3v) is 5.21. The standard InChI is InChI=1S/C24H22BrN3O/c1-3-9-21-19(4-2)22(17-12-8-13-18(25)14-17)20(15-26)23(27-21)28-24(29)16-10-6-5-7-11-16/h5-8,10-14H,3-4,9H2,1-2H3,(H,27,28,29). The maximum Gasteiger partial charge on any atom is 0.256 e. The lowest BCUT2D eigenvalue weighted by molar-refractivity contribution is 0.102. The van der Waals surface area contributed by atoms with Gasteiger partial charge in [0.1, 0.15) is 11.6 Å². The predicted octanol–water partition coefficient (Wildman–Crippen LogP) is 6.15. The zero-order valence-corrected chi connectivity index (χ0v) is 18.1. The fourth-order valence-corrected chi connectivity index (χ4v) is 3.83. The predicted molar refractivity (Wildman–Crippen MR) is 120 cm³/mol. The van der Waals surface area contributed by atoms with Gasteiger partial charge >= 0.3 is 0 Å². The third kappa shape index (κ3) is 4.55. The first-order valence-corrected chi connectivity index (χ1v) is 10.5. The summed E-state index contributed by atoms with van der Waals surface area (Å²) in [5.74, 6) is 0.0402. The summed E-state index contributed by atoms with van der Waals surface area (Å²) in [5, 5.41) is 12.9. The van der Waals surface area contributed by atoms with Gasteiger partial charge in [0.05, 0.1) is 0 Å². The van der Waals surface area contributed by atoms with Crippen LogP contribution in [0.5, 0.6) is 0 Å². The number of hydrogen-bond donors (Lipinski definition) is 1. The van der Waals surface area contributed by atoms with Crippen LogP contribution in [0.25, 0.3) is 11.1 Å². The van der Waals surface area contributed by atoms with Crippen molar-refractivity contribution in [1.29, 1.82) is 5.26 Å². The number of benzene rings is 2. The summed E-state index contributed by atoms with van der Waals surface area (Å²) in [7, 11) is 0. The number of anilines is 1. The second kappa shape index (κ2) is 9.49. The molecule has 29 heavy (non-hydrogen) atoms. The highest BCUT2D eigenvalue weighted by Crippen LogP contribution is 2.35. The quantitative estimate of drug-likeness (QED) is 0.492. The molecule has 0 bridgehead atoms. The summed E-state index contributed by atoms with van der Waals surface area (Å²) in [6.07, 6.45) is 2.46. The maximum atomic E-state index is 12.7. The normalized spacial score (nSPS) is 10.4. The molecule has 3 aromatic rings. The summed E-state index contributed by atoms with van der Waals surface area (Å²) >= 11 is 3.52. The van der Waals surface area contributed by atoms with E-state index in [-0.39, 0.29) is 5.91 Å². The lowest BCUT2D eigenvalue weighted by atomic mass is 9.91. The van der Waals surface area contributed by atoms with Gasteiger partial charge < -0.3 is 5.32 Å². The van der Waals surface area contributed by atoms with Crippen LogP contribution in [0, 0.1) is 11.3 Å². The number of aryl methyl sites for hydroxylation is 1. The minimum absolute atomic E-state index is 0.276. The van der Waals surface area contributed by atoms with Crippen molar-refractivity contribution < 1.29 is 4.79 Å². The van der Waals surface area contributed by atoms with Gasteiger partial charge in [-0.05, 0) is 48.2 Å². The van der Waals surface area contributed by atoms with Gasteiger partial charge in [0, 0.05) is 21.3 Å². The Labute approximate surface area is 179 Å². The highest BCUT2D eigenvalue weighted by Gasteiger charge is 2.21. The molecule has 0 spiro atoms. The summed E-state index contributed by atoms with van der Waals surface area (Å²) in [6.45, 7) is 4.17. The first kappa shape index (κ1) is 20.8. The Morgan fingerprint density at radius 3 is 2.52 bits per heavy atom. The van der Waals surface area contributed by atoms with Crippen molar-refractivity contribution in [3.05, 3.63) is 81.5 Å². The van der Waals surface area contributed by atoms with E-state index in [1.54, 1.807) is 12.1 Å². The smallest absolute Gasteiger partial charge is 0.256 e. The molecule has 0 radical (unpaired) electrons. The average molecular weight is 448 g/mol. The molecule has 1 amide bonds. The Kier molecular flexibility index (Phi) is 6.79. The number of rotatable bonds is 6. The molecule has 1 heterocycles. The Hall–Kier alpha value is -2.97. The minimum atomic E-state index is -0.276. The molecule has 2 aromatic carbocycles. The highest BCUT2D eigenvalue weighted by atomic mass is 79.9. The first-order valence-electron chi connectivity index (χ1n) is 9.67. The lowest BCUT2D eigenvalue weighted by Gasteiger charge is -2.18. The number of nitrogens with zero attached hydrogens (tertiary/aromatic N) is 2. The molecule has 0 saturated carbocycles. The zero-order chi connectivity index (χ0) is 20.8. The first-order chi connectivity index (χ1) is 14.1. The van der Waals surface area contributed by atoms with E-state index in [0.717, 1.165) is 46.1 Å². The number of aromatic nitrogens is 1. The SMILES string of the molecule is CCCc1nc(NC(=O)c2ccccc2)c(C#N)c(-c2cccc(Br)c2)c1CC. The van der Waals surface area contributed by atoms with Crippen molar-refractivity contribution in [1.82, 2.24) is 4.98 Å². The fraction of sp³-hybridized carbons (Fsp3) is 0.208. The van der Waals surface area contributed by atoms with Crippen LogP contribution in [-0.2, 0) is 12.8 Å². The van der Waals surface area contributed by atoms with Gasteiger partial charge in [-0.3, -0.25) is 4.79 Å². The summed E-state index contributed by atoms with van der Waals surface area (Å²) in [5.41, 5.74) is 4.68. The lowest BCUT2D eigenvalue weighted by Crippen LogP contribution is -2.16. The number of carbonyl (C=O) groups excluding carboxylic acids is 1. The molecule has 0 atom stereocenters. The molecular weight excluding hydrogens is 426 g/mol. The van der Waals surface area contributed by atoms with Crippen LogP contribution in [0.3, 0.4) is 0 Å². The number of amides is 1. The Bertz CT molecular complexity index is 1070. The van der Waals surface area contributed by atoms with Crippen LogP contribution in [0.15, 0.2) is 59.1 Å². The van der Waals surface area contributed by atoms with E-state index in [0.29, 0.717) is 16.9 Å². The topological polar surface area (TPSA) is 65.8 Å². The Morgan fingerprint density at radius 1 is 1.14 bits per heavy atom. The molecule has 1 aromatic heterocycles. The summed E-state index contributed by atoms with van der Waals surface area (Å²) in [4.78, 5) is 17.5. The third-order valence-electron chi connectivity index (χ3n) is 4.72. The average Bonchev–Trinajstić information content (AvgIpc) is 2.74. The van der Waals surface area contributed by atoms with Crippen molar-refractivity contribution in [2.75, 3.05) is 5.32 Å². The van der Waals surface area contributed by atoms with Gasteiger partial charge in [0.25, 0.3) is 5.91 Å². The van der Waals surface area contributed by atoms with Crippen molar-refractivity contribution in [3.63, 3.8) is 0 Å². The minimum Gasteiger partial charge on any atom is -0.305 e. The summed E-state index contributed by atoms with van der Waals surface area (Å²) in [6, 6.07) is 19.1. The number of nitriles is 1. The largest absolute Gasteiger partial charge is 0.305 e. The molecular formula is C24H22BrN3O. The zero-order valence-electron chi connectivity index (χ0n) is 16.5. The number of nitrogens with one attached hydrogen (secondary N) is 1. The second-order valence-electron chi connectivity index (χ2n) is 6.68. The Morgan fingerprint density at radius 2 is 1.90 bits per heavy atom. The number of carbonyl (C=O) groups is 1. The molecule has 0 aliphatic heterocycles. The van der Waals surface area contributed by atoms with Crippen LogP contribution in [-0.4, -0.2) is 10.9 Å². The molecule has 0 fully saturated rings. The van der Waals surface area contributed by atoms with Crippen LogP contribution in [0.4, 0.5) is 5.82 Å². The van der Waals surface area contributed by atoms with Gasteiger partial charge in [0.2, 0.25) is 0 Å². The van der Waals surface area contributed by atoms with Crippen molar-refractivity contribution >= 4 is 27.7 Å². The van der Waals surface area contributed by atoms with E-state index in [4.69, 9.17) is 4.98 Å². The van der Waals surface area contributed by atoms with E-state index in [2.05, 4.69) is 41.2 Å². The van der Waals surface area contributed by atoms with Gasteiger partial charge in [-0.1, -0.05) is 66.5 Å². The van der Waals surface area contributed by atoms with E-state index >= 15 is 0 Å². The van der Waals surface area contributed by atoms with Crippen LogP contribution >= 0.6 is 15.9 Å². The molecule has 5 heteroatoms. The summed E-state index contributed by atoms with van der Waals surface area (Å²) < 4.78 is 0.935. The monoisotopic (exact) mass is 447 g/mol. The van der Waals surface area contributed by atoms with E-state index in [9.17, 15) is 10.1 Å². The number of pyridine rings is 1. The van der Waals surface area contributed by atoms with Gasteiger partial charge in [0.15, 0.2) is 5.82 Å². The number of hydrogen-bond acceptors (Lipinski definition) is 3. The van der Waals surface area contributed by atoms with E-state index in [1.165, 1.54) is 0 Å². The number of halogens is 1.